The van der Waals surface area contributed by atoms with E-state index in [1.54, 1.807) is 24.3 Å². The second kappa shape index (κ2) is 8.34. The van der Waals surface area contributed by atoms with Crippen LogP contribution in [0.4, 0.5) is 5.69 Å². The molecule has 25 heavy (non-hydrogen) atoms. The Kier molecular flexibility index (Phi) is 6.19. The van der Waals surface area contributed by atoms with Crippen LogP contribution in [-0.2, 0) is 4.79 Å². The molecule has 4 nitrogen and oxygen atoms in total. The van der Waals surface area contributed by atoms with E-state index in [2.05, 4.69) is 39.1 Å². The molecule has 1 N–H and O–H groups in total. The van der Waals surface area contributed by atoms with Gasteiger partial charge in [-0.05, 0) is 41.2 Å². The lowest BCUT2D eigenvalue weighted by Crippen LogP contribution is -2.22. The van der Waals surface area contributed by atoms with Crippen molar-refractivity contribution in [3.05, 3.63) is 59.2 Å². The first-order chi connectivity index (χ1) is 11.9. The van der Waals surface area contributed by atoms with Gasteiger partial charge in [0.1, 0.15) is 5.75 Å². The van der Waals surface area contributed by atoms with Crippen LogP contribution in [0.3, 0.4) is 0 Å². The number of nitriles is 1. The van der Waals surface area contributed by atoms with Crippen molar-refractivity contribution in [3.63, 3.8) is 0 Å². The number of carbonyl (C=O) groups excluding carboxylic acids is 1. The highest BCUT2D eigenvalue weighted by Crippen LogP contribution is 2.32. The van der Waals surface area contributed by atoms with E-state index in [1.807, 2.05) is 18.2 Å². The molecule has 0 atom stereocenters. The highest BCUT2D eigenvalue weighted by atomic mass is 16.5. The number of hydrogen-bond donors (Lipinski definition) is 1. The summed E-state index contributed by atoms with van der Waals surface area (Å²) < 4.78 is 5.52. The maximum atomic E-state index is 12.4. The standard InChI is InChI=1S/C21H24N2O2/c1-14(2)18-9-6-10-19(15(3)4)21(18)23-20(24)13-25-17-8-5-7-16(11-17)12-22/h5-11,14-15H,13H2,1-4H3,(H,23,24). The minimum Gasteiger partial charge on any atom is -0.484 e. The van der Waals surface area contributed by atoms with Crippen LogP contribution in [-0.4, -0.2) is 12.5 Å². The first-order valence-corrected chi connectivity index (χ1v) is 8.48. The van der Waals surface area contributed by atoms with Gasteiger partial charge in [0.15, 0.2) is 6.61 Å². The van der Waals surface area contributed by atoms with Crippen molar-refractivity contribution in [2.24, 2.45) is 0 Å². The summed E-state index contributed by atoms with van der Waals surface area (Å²) in [6, 6.07) is 15.0. The minimum absolute atomic E-state index is 0.0984. The molecule has 0 saturated heterocycles. The Bertz CT molecular complexity index is 762. The maximum absolute atomic E-state index is 12.4. The summed E-state index contributed by atoms with van der Waals surface area (Å²) in [6.07, 6.45) is 0. The van der Waals surface area contributed by atoms with Gasteiger partial charge >= 0.3 is 0 Å². The Morgan fingerprint density at radius 3 is 2.24 bits per heavy atom. The number of ether oxygens (including phenoxy) is 1. The molecular formula is C21H24N2O2. The van der Waals surface area contributed by atoms with Crippen molar-refractivity contribution in [3.8, 4) is 11.8 Å². The quantitative estimate of drug-likeness (QED) is 0.822. The molecule has 2 rings (SSSR count). The molecule has 0 spiro atoms. The van der Waals surface area contributed by atoms with Gasteiger partial charge in [0.25, 0.3) is 5.91 Å². The number of nitrogens with zero attached hydrogens (tertiary/aromatic N) is 1. The monoisotopic (exact) mass is 336 g/mol. The van der Waals surface area contributed by atoms with Gasteiger partial charge in [-0.2, -0.15) is 5.26 Å². The molecule has 130 valence electrons. The highest BCUT2D eigenvalue weighted by molar-refractivity contribution is 5.93. The SMILES string of the molecule is CC(C)c1cccc(C(C)C)c1NC(=O)COc1cccc(C#N)c1. The third kappa shape index (κ3) is 4.84. The number of benzene rings is 2. The molecule has 2 aromatic rings. The lowest BCUT2D eigenvalue weighted by molar-refractivity contribution is -0.118. The first-order valence-electron chi connectivity index (χ1n) is 8.48. The average Bonchev–Trinajstić information content (AvgIpc) is 2.60. The lowest BCUT2D eigenvalue weighted by Gasteiger charge is -2.20. The summed E-state index contributed by atoms with van der Waals surface area (Å²) in [5.74, 6) is 0.914. The van der Waals surface area contributed by atoms with Crippen LogP contribution in [0, 0.1) is 11.3 Å². The molecule has 0 unspecified atom stereocenters. The van der Waals surface area contributed by atoms with Crippen LogP contribution < -0.4 is 10.1 Å². The number of para-hydroxylation sites is 1. The van der Waals surface area contributed by atoms with Crippen LogP contribution in [0.15, 0.2) is 42.5 Å². The van der Waals surface area contributed by atoms with E-state index in [1.165, 1.54) is 0 Å². The van der Waals surface area contributed by atoms with E-state index in [-0.39, 0.29) is 12.5 Å². The van der Waals surface area contributed by atoms with E-state index in [9.17, 15) is 4.79 Å². The van der Waals surface area contributed by atoms with Gasteiger partial charge in [0.2, 0.25) is 0 Å². The van der Waals surface area contributed by atoms with Gasteiger partial charge < -0.3 is 10.1 Å². The minimum atomic E-state index is -0.211. The van der Waals surface area contributed by atoms with E-state index < -0.39 is 0 Å². The Morgan fingerprint density at radius 1 is 1.08 bits per heavy atom. The van der Waals surface area contributed by atoms with Crippen molar-refractivity contribution >= 4 is 11.6 Å². The number of hydrogen-bond acceptors (Lipinski definition) is 3. The molecule has 0 heterocycles. The average molecular weight is 336 g/mol. The zero-order valence-corrected chi connectivity index (χ0v) is 15.2. The molecule has 0 fully saturated rings. The fraction of sp³-hybridized carbons (Fsp3) is 0.333. The molecule has 0 aliphatic carbocycles. The molecular weight excluding hydrogens is 312 g/mol. The predicted octanol–water partition coefficient (Wildman–Crippen LogP) is 4.82. The van der Waals surface area contributed by atoms with E-state index in [4.69, 9.17) is 10.00 Å². The summed E-state index contributed by atoms with van der Waals surface area (Å²) in [4.78, 5) is 12.4. The Labute approximate surface area is 149 Å². The zero-order chi connectivity index (χ0) is 18.4. The fourth-order valence-corrected chi connectivity index (χ4v) is 2.68. The van der Waals surface area contributed by atoms with Gasteiger partial charge in [-0.15, -0.1) is 0 Å². The van der Waals surface area contributed by atoms with Crippen LogP contribution in [0.1, 0.15) is 56.2 Å². The molecule has 0 radical (unpaired) electrons. The highest BCUT2D eigenvalue weighted by Gasteiger charge is 2.16. The van der Waals surface area contributed by atoms with Crippen molar-refractivity contribution in [2.45, 2.75) is 39.5 Å². The number of carbonyl (C=O) groups is 1. The number of nitrogens with one attached hydrogen (secondary N) is 1. The van der Waals surface area contributed by atoms with Gasteiger partial charge in [-0.1, -0.05) is 52.0 Å². The molecule has 0 bridgehead atoms. The van der Waals surface area contributed by atoms with Crippen molar-refractivity contribution in [1.82, 2.24) is 0 Å². The topological polar surface area (TPSA) is 62.1 Å². The van der Waals surface area contributed by atoms with Gasteiger partial charge in [-0.25, -0.2) is 0 Å². The summed E-state index contributed by atoms with van der Waals surface area (Å²) in [6.45, 7) is 8.34. The molecule has 4 heteroatoms. The smallest absolute Gasteiger partial charge is 0.262 e. The summed E-state index contributed by atoms with van der Waals surface area (Å²) in [5, 5.41) is 11.9. The van der Waals surface area contributed by atoms with Crippen molar-refractivity contribution < 1.29 is 9.53 Å². The van der Waals surface area contributed by atoms with E-state index in [0.29, 0.717) is 23.1 Å². The van der Waals surface area contributed by atoms with Crippen LogP contribution >= 0.6 is 0 Å². The third-order valence-electron chi connectivity index (χ3n) is 3.97. The third-order valence-corrected chi connectivity index (χ3v) is 3.97. The number of amides is 1. The van der Waals surface area contributed by atoms with Gasteiger partial charge in [0.05, 0.1) is 11.6 Å². The van der Waals surface area contributed by atoms with Gasteiger partial charge in [-0.3, -0.25) is 4.79 Å². The second-order valence-corrected chi connectivity index (χ2v) is 6.60. The number of anilines is 1. The maximum Gasteiger partial charge on any atom is 0.262 e. The van der Waals surface area contributed by atoms with E-state index in [0.717, 1.165) is 16.8 Å². The van der Waals surface area contributed by atoms with Gasteiger partial charge in [0, 0.05) is 5.69 Å². The molecule has 0 aromatic heterocycles. The molecule has 1 amide bonds. The summed E-state index contributed by atoms with van der Waals surface area (Å²) in [5.41, 5.74) is 3.62. The zero-order valence-electron chi connectivity index (χ0n) is 15.2. The molecule has 0 aliphatic heterocycles. The normalized spacial score (nSPS) is 10.6. The lowest BCUT2D eigenvalue weighted by atomic mass is 9.92. The Morgan fingerprint density at radius 2 is 1.68 bits per heavy atom. The molecule has 2 aromatic carbocycles. The largest absolute Gasteiger partial charge is 0.484 e. The Hall–Kier alpha value is -2.80. The Balaban J connectivity index is 2.13. The number of rotatable bonds is 6. The first kappa shape index (κ1) is 18.5. The fourth-order valence-electron chi connectivity index (χ4n) is 2.68. The summed E-state index contributed by atoms with van der Waals surface area (Å²) >= 11 is 0. The predicted molar refractivity (Wildman–Crippen MR) is 99.9 cm³/mol. The molecule has 0 aliphatic rings. The van der Waals surface area contributed by atoms with Crippen molar-refractivity contribution in [1.29, 1.82) is 5.26 Å². The van der Waals surface area contributed by atoms with Crippen LogP contribution in [0.25, 0.3) is 0 Å². The van der Waals surface area contributed by atoms with Crippen LogP contribution in [0.5, 0.6) is 5.75 Å². The second-order valence-electron chi connectivity index (χ2n) is 6.60. The summed E-state index contributed by atoms with van der Waals surface area (Å²) in [7, 11) is 0. The van der Waals surface area contributed by atoms with E-state index >= 15 is 0 Å². The van der Waals surface area contributed by atoms with Crippen LogP contribution in [0.2, 0.25) is 0 Å². The molecule has 0 saturated carbocycles. The van der Waals surface area contributed by atoms with Crippen molar-refractivity contribution in [2.75, 3.05) is 11.9 Å².